The molecule has 0 bridgehead atoms. The molecule has 4 heterocycles. The number of para-hydroxylation sites is 4. The molecule has 12 aromatic rings. The van der Waals surface area contributed by atoms with Crippen LogP contribution in [0.1, 0.15) is 0 Å². The van der Waals surface area contributed by atoms with E-state index in [-0.39, 0.29) is 0 Å². The summed E-state index contributed by atoms with van der Waals surface area (Å²) in [7, 11) is 0. The molecule has 0 fully saturated rings. The summed E-state index contributed by atoms with van der Waals surface area (Å²) in [5.41, 5.74) is 14.7. The third kappa shape index (κ3) is 4.31. The number of imidazole rings is 1. The standard InChI is InChI=1S/C51H32N4/c1-3-14-33(15-4-1)34-26-29-37(30-27-34)53-45-24-11-10-20-41(45)44-32-35(28-31-47(44)53)38-22-13-23-43-48-51(54(49(38)43)36-16-5-2-6-17-36)55-46-25-12-9-19-40(46)39-18-7-8-21-42(39)50(55)52-48/h1-32H. The van der Waals surface area contributed by atoms with Crippen molar-refractivity contribution in [2.45, 2.75) is 0 Å². The van der Waals surface area contributed by atoms with Crippen LogP contribution in [0.5, 0.6) is 0 Å². The van der Waals surface area contributed by atoms with Crippen LogP contribution in [0.25, 0.3) is 105 Å². The molecule has 0 aliphatic carbocycles. The average molecular weight is 701 g/mol. The van der Waals surface area contributed by atoms with Crippen LogP contribution in [0.2, 0.25) is 0 Å². The summed E-state index contributed by atoms with van der Waals surface area (Å²) < 4.78 is 7.21. The van der Waals surface area contributed by atoms with E-state index in [9.17, 15) is 0 Å². The lowest BCUT2D eigenvalue weighted by atomic mass is 10.00. The van der Waals surface area contributed by atoms with E-state index in [0.717, 1.165) is 50.0 Å². The van der Waals surface area contributed by atoms with Crippen LogP contribution in [-0.2, 0) is 0 Å². The lowest BCUT2D eigenvalue weighted by Gasteiger charge is -2.14. The number of hydrogen-bond acceptors (Lipinski definition) is 1. The first-order valence-electron chi connectivity index (χ1n) is 18.8. The molecule has 4 nitrogen and oxygen atoms in total. The van der Waals surface area contributed by atoms with Gasteiger partial charge in [-0.05, 0) is 70.6 Å². The molecule has 0 aliphatic rings. The number of nitrogens with zero attached hydrogens (tertiary/aromatic N) is 4. The van der Waals surface area contributed by atoms with Crippen molar-refractivity contribution in [3.8, 4) is 33.6 Å². The Morgan fingerprint density at radius 2 is 0.909 bits per heavy atom. The first kappa shape index (κ1) is 30.1. The Morgan fingerprint density at radius 3 is 1.69 bits per heavy atom. The summed E-state index contributed by atoms with van der Waals surface area (Å²) in [5.74, 6) is 0. The molecule has 0 N–H and O–H groups in total. The van der Waals surface area contributed by atoms with Crippen molar-refractivity contribution in [3.63, 3.8) is 0 Å². The van der Waals surface area contributed by atoms with E-state index in [1.54, 1.807) is 0 Å². The maximum absolute atomic E-state index is 5.49. The van der Waals surface area contributed by atoms with Gasteiger partial charge < -0.3 is 4.57 Å². The van der Waals surface area contributed by atoms with E-state index >= 15 is 0 Å². The van der Waals surface area contributed by atoms with E-state index < -0.39 is 0 Å². The average Bonchev–Trinajstić information content (AvgIpc) is 3.92. The molecule has 0 saturated carbocycles. The van der Waals surface area contributed by atoms with Crippen LogP contribution in [0, 0.1) is 0 Å². The number of rotatable bonds is 4. The maximum atomic E-state index is 5.49. The quantitative estimate of drug-likeness (QED) is 0.168. The molecule has 0 aliphatic heterocycles. The number of pyridine rings is 1. The fourth-order valence-electron chi connectivity index (χ4n) is 9.01. The largest absolute Gasteiger partial charge is 0.309 e. The Labute approximate surface area is 316 Å². The Hall–Kier alpha value is -7.43. The molecular weight excluding hydrogens is 669 g/mol. The van der Waals surface area contributed by atoms with Crippen molar-refractivity contribution in [2.75, 3.05) is 0 Å². The predicted octanol–water partition coefficient (Wildman–Crippen LogP) is 13.2. The second-order valence-corrected chi connectivity index (χ2v) is 14.4. The summed E-state index contributed by atoms with van der Waals surface area (Å²) in [6.07, 6.45) is 0. The Balaban J connectivity index is 1.13. The fourth-order valence-corrected chi connectivity index (χ4v) is 9.01. The lowest BCUT2D eigenvalue weighted by Crippen LogP contribution is -2.00. The van der Waals surface area contributed by atoms with Gasteiger partial charge in [-0.1, -0.05) is 146 Å². The molecule has 0 saturated heterocycles. The van der Waals surface area contributed by atoms with Gasteiger partial charge in [-0.25, -0.2) is 4.98 Å². The summed E-state index contributed by atoms with van der Waals surface area (Å²) in [6, 6.07) is 70.1. The molecule has 4 aromatic heterocycles. The van der Waals surface area contributed by atoms with Gasteiger partial charge in [0, 0.05) is 43.9 Å². The van der Waals surface area contributed by atoms with Gasteiger partial charge in [0.2, 0.25) is 0 Å². The fraction of sp³-hybridized carbons (Fsp3) is 0. The van der Waals surface area contributed by atoms with Crippen molar-refractivity contribution < 1.29 is 0 Å². The van der Waals surface area contributed by atoms with E-state index in [1.165, 1.54) is 54.8 Å². The normalized spacial score (nSPS) is 12.0. The zero-order chi connectivity index (χ0) is 36.0. The highest BCUT2D eigenvalue weighted by atomic mass is 15.2. The van der Waals surface area contributed by atoms with E-state index in [0.29, 0.717) is 0 Å². The van der Waals surface area contributed by atoms with Gasteiger partial charge >= 0.3 is 0 Å². The maximum Gasteiger partial charge on any atom is 0.151 e. The highest BCUT2D eigenvalue weighted by Crippen LogP contribution is 2.42. The Bertz CT molecular complexity index is 3460. The molecule has 0 spiro atoms. The third-order valence-electron chi connectivity index (χ3n) is 11.4. The van der Waals surface area contributed by atoms with Gasteiger partial charge in [0.1, 0.15) is 11.2 Å². The molecule has 0 unspecified atom stereocenters. The number of hydrogen-bond donors (Lipinski definition) is 0. The Morgan fingerprint density at radius 1 is 0.345 bits per heavy atom. The van der Waals surface area contributed by atoms with Crippen molar-refractivity contribution >= 4 is 71.2 Å². The van der Waals surface area contributed by atoms with Gasteiger partial charge in [0.05, 0.1) is 22.1 Å². The highest BCUT2D eigenvalue weighted by Gasteiger charge is 2.24. The molecule has 0 radical (unpaired) electrons. The SMILES string of the molecule is c1ccc(-c2ccc(-n3c4ccccc4c4cc(-c5cccc6c7nc8c9ccccc9c9ccccc9n8c7n(-c7ccccc7)c56)ccc43)cc2)cc1. The van der Waals surface area contributed by atoms with Crippen LogP contribution in [0.15, 0.2) is 194 Å². The van der Waals surface area contributed by atoms with Crippen molar-refractivity contribution in [3.05, 3.63) is 194 Å². The first-order chi connectivity index (χ1) is 27.3. The molecule has 55 heavy (non-hydrogen) atoms. The molecule has 0 atom stereocenters. The second-order valence-electron chi connectivity index (χ2n) is 14.4. The Kier molecular flexibility index (Phi) is 6.31. The van der Waals surface area contributed by atoms with Gasteiger partial charge in [0.15, 0.2) is 5.65 Å². The first-order valence-corrected chi connectivity index (χ1v) is 18.8. The van der Waals surface area contributed by atoms with E-state index in [4.69, 9.17) is 4.98 Å². The molecule has 8 aromatic carbocycles. The van der Waals surface area contributed by atoms with Crippen molar-refractivity contribution in [2.24, 2.45) is 0 Å². The van der Waals surface area contributed by atoms with Gasteiger partial charge in [0.25, 0.3) is 0 Å². The number of aromatic nitrogens is 4. The van der Waals surface area contributed by atoms with Crippen LogP contribution < -0.4 is 0 Å². The van der Waals surface area contributed by atoms with Crippen molar-refractivity contribution in [1.82, 2.24) is 18.5 Å². The third-order valence-corrected chi connectivity index (χ3v) is 11.4. The molecule has 256 valence electrons. The minimum atomic E-state index is 0.974. The zero-order valence-electron chi connectivity index (χ0n) is 29.8. The summed E-state index contributed by atoms with van der Waals surface area (Å²) in [4.78, 5) is 5.49. The topological polar surface area (TPSA) is 27.2 Å². The number of benzene rings is 8. The van der Waals surface area contributed by atoms with Crippen LogP contribution in [0.4, 0.5) is 0 Å². The smallest absolute Gasteiger partial charge is 0.151 e. The second kappa shape index (κ2) is 11.5. The summed E-state index contributed by atoms with van der Waals surface area (Å²) in [6.45, 7) is 0. The zero-order valence-corrected chi connectivity index (χ0v) is 29.8. The molecule has 12 rings (SSSR count). The highest BCUT2D eigenvalue weighted by molar-refractivity contribution is 6.19. The van der Waals surface area contributed by atoms with Crippen LogP contribution in [0.3, 0.4) is 0 Å². The summed E-state index contributed by atoms with van der Waals surface area (Å²) >= 11 is 0. The summed E-state index contributed by atoms with van der Waals surface area (Å²) in [5, 5.41) is 7.18. The van der Waals surface area contributed by atoms with Gasteiger partial charge in [-0.3, -0.25) is 8.97 Å². The minimum absolute atomic E-state index is 0.974. The molecular formula is C51H32N4. The van der Waals surface area contributed by atoms with E-state index in [1.807, 2.05) is 0 Å². The van der Waals surface area contributed by atoms with Gasteiger partial charge in [-0.2, -0.15) is 0 Å². The number of fused-ring (bicyclic) bond motifs is 13. The molecule has 0 amide bonds. The van der Waals surface area contributed by atoms with Crippen molar-refractivity contribution in [1.29, 1.82) is 0 Å². The van der Waals surface area contributed by atoms with Crippen LogP contribution in [-0.4, -0.2) is 18.5 Å². The lowest BCUT2D eigenvalue weighted by molar-refractivity contribution is 1.12. The van der Waals surface area contributed by atoms with Gasteiger partial charge in [-0.15, -0.1) is 0 Å². The monoisotopic (exact) mass is 700 g/mol. The minimum Gasteiger partial charge on any atom is -0.309 e. The van der Waals surface area contributed by atoms with Crippen LogP contribution >= 0.6 is 0 Å². The predicted molar refractivity (Wildman–Crippen MR) is 230 cm³/mol. The van der Waals surface area contributed by atoms with E-state index in [2.05, 4.69) is 208 Å². The molecule has 4 heteroatoms.